The van der Waals surface area contributed by atoms with Gasteiger partial charge in [-0.3, -0.25) is 15.1 Å². The average molecular weight is 287 g/mol. The summed E-state index contributed by atoms with van der Waals surface area (Å²) in [6.07, 6.45) is 5.33. The second kappa shape index (κ2) is 5.47. The summed E-state index contributed by atoms with van der Waals surface area (Å²) in [5, 5.41) is 11.2. The van der Waals surface area contributed by atoms with Crippen molar-refractivity contribution >= 4 is 11.4 Å². The van der Waals surface area contributed by atoms with Gasteiger partial charge in [0.05, 0.1) is 4.92 Å². The molecular formula is C15H14FN3O2. The lowest BCUT2D eigenvalue weighted by Gasteiger charge is -2.24. The van der Waals surface area contributed by atoms with Crippen molar-refractivity contribution in [3.8, 4) is 0 Å². The Balaban J connectivity index is 1.98. The average Bonchev–Trinajstić information content (AvgIpc) is 3.30. The van der Waals surface area contributed by atoms with Crippen molar-refractivity contribution in [1.29, 1.82) is 0 Å². The Hall–Kier alpha value is -2.50. The monoisotopic (exact) mass is 287 g/mol. The Kier molecular flexibility index (Phi) is 3.51. The third-order valence-electron chi connectivity index (χ3n) is 3.51. The van der Waals surface area contributed by atoms with Crippen LogP contribution in [0.5, 0.6) is 0 Å². The number of rotatable bonds is 5. The van der Waals surface area contributed by atoms with Crippen LogP contribution < -0.4 is 4.90 Å². The lowest BCUT2D eigenvalue weighted by Crippen LogP contribution is -2.26. The van der Waals surface area contributed by atoms with E-state index in [9.17, 15) is 14.5 Å². The van der Waals surface area contributed by atoms with E-state index in [0.29, 0.717) is 12.2 Å². The van der Waals surface area contributed by atoms with Gasteiger partial charge < -0.3 is 4.90 Å². The Bertz CT molecular complexity index is 659. The van der Waals surface area contributed by atoms with Crippen LogP contribution in [0.2, 0.25) is 0 Å². The fourth-order valence-corrected chi connectivity index (χ4v) is 2.37. The van der Waals surface area contributed by atoms with Crippen molar-refractivity contribution in [2.75, 3.05) is 4.90 Å². The van der Waals surface area contributed by atoms with Gasteiger partial charge in [-0.25, -0.2) is 4.39 Å². The van der Waals surface area contributed by atoms with E-state index in [-0.39, 0.29) is 11.7 Å². The van der Waals surface area contributed by atoms with Gasteiger partial charge in [-0.15, -0.1) is 0 Å². The first-order valence-corrected chi connectivity index (χ1v) is 6.74. The molecule has 1 fully saturated rings. The Morgan fingerprint density at radius 2 is 2.19 bits per heavy atom. The molecule has 0 unspecified atom stereocenters. The molecular weight excluding hydrogens is 273 g/mol. The highest BCUT2D eigenvalue weighted by atomic mass is 19.1. The molecule has 2 aromatic rings. The molecule has 0 saturated heterocycles. The largest absolute Gasteiger partial charge is 0.359 e. The van der Waals surface area contributed by atoms with Gasteiger partial charge in [0.1, 0.15) is 11.5 Å². The number of nitro benzene ring substituents is 1. The molecule has 6 heteroatoms. The van der Waals surface area contributed by atoms with Crippen LogP contribution in [-0.2, 0) is 6.54 Å². The van der Waals surface area contributed by atoms with E-state index in [1.165, 1.54) is 12.1 Å². The molecule has 0 radical (unpaired) electrons. The van der Waals surface area contributed by atoms with Crippen LogP contribution in [0.4, 0.5) is 15.8 Å². The van der Waals surface area contributed by atoms with E-state index in [0.717, 1.165) is 24.5 Å². The zero-order chi connectivity index (χ0) is 14.8. The van der Waals surface area contributed by atoms with Crippen LogP contribution in [0.1, 0.15) is 18.4 Å². The molecule has 3 rings (SSSR count). The first-order chi connectivity index (χ1) is 10.1. The molecule has 21 heavy (non-hydrogen) atoms. The number of nitro groups is 1. The van der Waals surface area contributed by atoms with Crippen LogP contribution >= 0.6 is 0 Å². The molecule has 1 saturated carbocycles. The minimum absolute atomic E-state index is 0.0628. The molecule has 0 aliphatic heterocycles. The van der Waals surface area contributed by atoms with E-state index in [4.69, 9.17) is 0 Å². The Morgan fingerprint density at radius 3 is 2.81 bits per heavy atom. The minimum atomic E-state index is -0.465. The minimum Gasteiger partial charge on any atom is -0.359 e. The number of nitrogens with zero attached hydrogens (tertiary/aromatic N) is 3. The third-order valence-corrected chi connectivity index (χ3v) is 3.51. The molecule has 1 aliphatic rings. The number of aromatic nitrogens is 1. The lowest BCUT2D eigenvalue weighted by atomic mass is 10.2. The molecule has 5 nitrogen and oxygen atoms in total. The van der Waals surface area contributed by atoms with Crippen molar-refractivity contribution in [2.45, 2.75) is 25.4 Å². The maximum atomic E-state index is 13.5. The first kappa shape index (κ1) is 13.5. The molecule has 1 aromatic carbocycles. The number of pyridine rings is 1. The zero-order valence-electron chi connectivity index (χ0n) is 11.3. The van der Waals surface area contributed by atoms with Crippen molar-refractivity contribution in [3.05, 3.63) is 64.2 Å². The SMILES string of the molecule is O=[N+]([O-])c1ccc(F)cc1N(Cc1cccnc1)C1CC1. The fourth-order valence-electron chi connectivity index (χ4n) is 2.37. The highest BCUT2D eigenvalue weighted by Crippen LogP contribution is 2.38. The molecule has 0 N–H and O–H groups in total. The van der Waals surface area contributed by atoms with E-state index < -0.39 is 10.7 Å². The molecule has 1 aromatic heterocycles. The number of hydrogen-bond donors (Lipinski definition) is 0. The molecule has 0 bridgehead atoms. The quantitative estimate of drug-likeness (QED) is 0.625. The summed E-state index contributed by atoms with van der Waals surface area (Å²) in [6.45, 7) is 0.489. The summed E-state index contributed by atoms with van der Waals surface area (Å²) in [5.41, 5.74) is 1.22. The summed E-state index contributed by atoms with van der Waals surface area (Å²) in [4.78, 5) is 16.7. The molecule has 0 amide bonds. The maximum absolute atomic E-state index is 13.5. The molecule has 0 spiro atoms. The number of halogens is 1. The normalized spacial score (nSPS) is 14.0. The van der Waals surface area contributed by atoms with Gasteiger partial charge in [0, 0.05) is 37.1 Å². The molecule has 0 atom stereocenters. The lowest BCUT2D eigenvalue weighted by molar-refractivity contribution is -0.384. The summed E-state index contributed by atoms with van der Waals surface area (Å²) in [6, 6.07) is 7.55. The van der Waals surface area contributed by atoms with Gasteiger partial charge >= 0.3 is 0 Å². The Morgan fingerprint density at radius 1 is 1.38 bits per heavy atom. The van der Waals surface area contributed by atoms with E-state index in [1.807, 2.05) is 17.0 Å². The number of anilines is 1. The van der Waals surface area contributed by atoms with Crippen molar-refractivity contribution in [1.82, 2.24) is 4.98 Å². The smallest absolute Gasteiger partial charge is 0.292 e. The van der Waals surface area contributed by atoms with Crippen molar-refractivity contribution < 1.29 is 9.31 Å². The predicted molar refractivity (Wildman–Crippen MR) is 76.5 cm³/mol. The molecule has 1 aliphatic carbocycles. The Labute approximate surface area is 121 Å². The highest BCUT2D eigenvalue weighted by molar-refractivity contribution is 5.64. The summed E-state index contributed by atoms with van der Waals surface area (Å²) < 4.78 is 13.5. The van der Waals surface area contributed by atoms with Crippen LogP contribution in [0, 0.1) is 15.9 Å². The number of hydrogen-bond acceptors (Lipinski definition) is 4. The van der Waals surface area contributed by atoms with Gasteiger partial charge in [0.15, 0.2) is 0 Å². The van der Waals surface area contributed by atoms with Gasteiger partial charge in [0.2, 0.25) is 0 Å². The molecule has 108 valence electrons. The zero-order valence-corrected chi connectivity index (χ0v) is 11.3. The topological polar surface area (TPSA) is 59.3 Å². The van der Waals surface area contributed by atoms with Crippen molar-refractivity contribution in [3.63, 3.8) is 0 Å². The van der Waals surface area contributed by atoms with Crippen LogP contribution in [-0.4, -0.2) is 15.9 Å². The second-order valence-corrected chi connectivity index (χ2v) is 5.11. The third kappa shape index (κ3) is 2.99. The van der Waals surface area contributed by atoms with Gasteiger partial charge in [-0.2, -0.15) is 0 Å². The van der Waals surface area contributed by atoms with Crippen LogP contribution in [0.15, 0.2) is 42.7 Å². The van der Waals surface area contributed by atoms with Crippen LogP contribution in [0.3, 0.4) is 0 Å². The summed E-state index contributed by atoms with van der Waals surface area (Å²) in [5.74, 6) is -0.465. The number of benzene rings is 1. The predicted octanol–water partition coefficient (Wildman–Crippen LogP) is 3.30. The van der Waals surface area contributed by atoms with Crippen molar-refractivity contribution in [2.24, 2.45) is 0 Å². The van der Waals surface area contributed by atoms with E-state index in [1.54, 1.807) is 12.4 Å². The maximum Gasteiger partial charge on any atom is 0.292 e. The van der Waals surface area contributed by atoms with Gasteiger partial charge in [0.25, 0.3) is 5.69 Å². The van der Waals surface area contributed by atoms with E-state index >= 15 is 0 Å². The van der Waals surface area contributed by atoms with Crippen LogP contribution in [0.25, 0.3) is 0 Å². The van der Waals surface area contributed by atoms with Gasteiger partial charge in [-0.05, 0) is 30.5 Å². The molecule has 1 heterocycles. The second-order valence-electron chi connectivity index (χ2n) is 5.11. The standard InChI is InChI=1S/C15H14FN3O2/c16-12-3-6-14(19(20)21)15(8-12)18(13-4-5-13)10-11-2-1-7-17-9-11/h1-3,6-9,13H,4-5,10H2. The summed E-state index contributed by atoms with van der Waals surface area (Å²) in [7, 11) is 0. The first-order valence-electron chi connectivity index (χ1n) is 6.74. The highest BCUT2D eigenvalue weighted by Gasteiger charge is 2.33. The fraction of sp³-hybridized carbons (Fsp3) is 0.267. The summed E-state index contributed by atoms with van der Waals surface area (Å²) >= 11 is 0. The van der Waals surface area contributed by atoms with E-state index in [2.05, 4.69) is 4.98 Å². The van der Waals surface area contributed by atoms with Gasteiger partial charge in [-0.1, -0.05) is 6.07 Å².